The number of ether oxygens (including phenoxy) is 1. The normalized spacial score (nSPS) is 31.7. The number of aliphatic hydroxyl groups is 2. The Bertz CT molecular complexity index is 927. The number of carbonyl (C=O) groups is 2. The van der Waals surface area contributed by atoms with Gasteiger partial charge in [-0.05, 0) is 31.4 Å². The number of nitrogens with zero attached hydrogens (tertiary/aromatic N) is 2. The van der Waals surface area contributed by atoms with Crippen molar-refractivity contribution < 1.29 is 34.0 Å². The minimum atomic E-state index is -1.37. The molecule has 32 heavy (non-hydrogen) atoms. The Morgan fingerprint density at radius 3 is 2.72 bits per heavy atom. The number of amides is 1. The van der Waals surface area contributed by atoms with Crippen LogP contribution < -0.4 is 5.32 Å². The van der Waals surface area contributed by atoms with Gasteiger partial charge in [-0.15, -0.1) is 6.58 Å². The lowest BCUT2D eigenvalue weighted by molar-refractivity contribution is -0.219. The molecule has 2 fully saturated rings. The molecule has 0 spiro atoms. The molecule has 1 amide bonds. The molecule has 9 nitrogen and oxygen atoms in total. The van der Waals surface area contributed by atoms with Crippen LogP contribution in [0.4, 0.5) is 4.39 Å². The van der Waals surface area contributed by atoms with Gasteiger partial charge in [0.25, 0.3) is 0 Å². The van der Waals surface area contributed by atoms with E-state index in [9.17, 15) is 29.3 Å². The molecular formula is C22H28FN3O6. The van der Waals surface area contributed by atoms with Crippen LogP contribution in [0.5, 0.6) is 0 Å². The second-order valence-electron chi connectivity index (χ2n) is 8.76. The summed E-state index contributed by atoms with van der Waals surface area (Å²) < 4.78 is 19.7. The van der Waals surface area contributed by atoms with Gasteiger partial charge >= 0.3 is 5.97 Å². The first-order valence-corrected chi connectivity index (χ1v) is 10.6. The standard InChI is InChI=1S/C22H28FN3O6/c1-3-14-8-22(14,20(29)30)24-19(28)18-7-15(10-26(18)12(2)27)32-21(31)25-9-13-5-4-6-17(23)16(13)11-25/h3-6,12,14-15,18,21,27,31H,1,7-11H2,2H3,(H,24,28)(H,29,30)/t12?,14?,15-,18+,21?,22-/m1/s1. The number of rotatable bonds is 8. The predicted molar refractivity (Wildman–Crippen MR) is 110 cm³/mol. The van der Waals surface area contributed by atoms with Crippen LogP contribution in [0.25, 0.3) is 0 Å². The fraction of sp³-hybridized carbons (Fsp3) is 0.545. The zero-order chi connectivity index (χ0) is 23.2. The van der Waals surface area contributed by atoms with E-state index < -0.39 is 42.2 Å². The highest BCUT2D eigenvalue weighted by Crippen LogP contribution is 2.45. The van der Waals surface area contributed by atoms with Gasteiger partial charge in [-0.3, -0.25) is 9.69 Å². The number of aliphatic carboxylic acids is 1. The monoisotopic (exact) mass is 449 g/mol. The third-order valence-electron chi connectivity index (χ3n) is 6.69. The summed E-state index contributed by atoms with van der Waals surface area (Å²) >= 11 is 0. The Hall–Kier alpha value is -2.37. The SMILES string of the molecule is C=CC1C[C@]1(NC(=O)[C@@H]1C[C@@H](OC(O)N2Cc3cccc(F)c3C2)CN1C(C)O)C(=O)O. The summed E-state index contributed by atoms with van der Waals surface area (Å²) in [6, 6.07) is 3.97. The molecule has 4 rings (SSSR count). The number of hydrogen-bond acceptors (Lipinski definition) is 7. The van der Waals surface area contributed by atoms with Crippen LogP contribution in [0.15, 0.2) is 30.9 Å². The van der Waals surface area contributed by atoms with E-state index in [1.807, 2.05) is 0 Å². The quantitative estimate of drug-likeness (QED) is 0.332. The molecule has 0 radical (unpaired) electrons. The Labute approximate surface area is 185 Å². The van der Waals surface area contributed by atoms with Gasteiger partial charge in [0.15, 0.2) is 0 Å². The van der Waals surface area contributed by atoms with Gasteiger partial charge in [0.05, 0.1) is 12.1 Å². The number of aliphatic hydroxyl groups excluding tert-OH is 2. The van der Waals surface area contributed by atoms with Crippen molar-refractivity contribution in [1.29, 1.82) is 0 Å². The molecule has 174 valence electrons. The molecule has 1 aromatic rings. The molecule has 0 aromatic heterocycles. The van der Waals surface area contributed by atoms with E-state index in [4.69, 9.17) is 4.74 Å². The summed E-state index contributed by atoms with van der Waals surface area (Å²) in [5.74, 6) is -2.33. The van der Waals surface area contributed by atoms with Crippen LogP contribution in [-0.2, 0) is 27.4 Å². The fourth-order valence-electron chi connectivity index (χ4n) is 4.73. The van der Waals surface area contributed by atoms with Gasteiger partial charge in [-0.2, -0.15) is 0 Å². The average Bonchev–Trinajstić information content (AvgIpc) is 3.08. The number of halogens is 1. The number of nitrogens with one attached hydrogen (secondary N) is 1. The number of likely N-dealkylation sites (tertiary alicyclic amines) is 1. The first-order valence-electron chi connectivity index (χ1n) is 10.6. The van der Waals surface area contributed by atoms with Crippen molar-refractivity contribution in [3.05, 3.63) is 47.8 Å². The first-order chi connectivity index (χ1) is 15.2. The Morgan fingerprint density at radius 2 is 2.12 bits per heavy atom. The molecule has 10 heteroatoms. The van der Waals surface area contributed by atoms with E-state index in [0.717, 1.165) is 5.56 Å². The van der Waals surface area contributed by atoms with Crippen LogP contribution in [-0.4, -0.2) is 73.9 Å². The summed E-state index contributed by atoms with van der Waals surface area (Å²) in [5, 5.41) is 32.9. The first kappa shape index (κ1) is 22.8. The molecular weight excluding hydrogens is 421 g/mol. The highest BCUT2D eigenvalue weighted by atomic mass is 19.1. The molecule has 1 saturated heterocycles. The van der Waals surface area contributed by atoms with Crippen LogP contribution in [0.3, 0.4) is 0 Å². The molecule has 1 saturated carbocycles. The topological polar surface area (TPSA) is 123 Å². The second-order valence-corrected chi connectivity index (χ2v) is 8.76. The van der Waals surface area contributed by atoms with E-state index in [-0.39, 0.29) is 37.7 Å². The molecule has 2 aliphatic heterocycles. The lowest BCUT2D eigenvalue weighted by Gasteiger charge is -2.27. The van der Waals surface area contributed by atoms with Crippen molar-refractivity contribution >= 4 is 11.9 Å². The molecule has 4 N–H and O–H groups in total. The Balaban J connectivity index is 1.39. The minimum Gasteiger partial charge on any atom is -0.479 e. The van der Waals surface area contributed by atoms with Crippen molar-refractivity contribution in [2.45, 2.75) is 63.2 Å². The van der Waals surface area contributed by atoms with Gasteiger partial charge in [0.1, 0.15) is 17.6 Å². The number of fused-ring (bicyclic) bond motifs is 1. The third kappa shape index (κ3) is 4.04. The number of carbonyl (C=O) groups excluding carboxylic acids is 1. The van der Waals surface area contributed by atoms with Gasteiger partial charge in [0.2, 0.25) is 12.3 Å². The molecule has 2 heterocycles. The zero-order valence-electron chi connectivity index (χ0n) is 17.8. The smallest absolute Gasteiger partial charge is 0.330 e. The predicted octanol–water partition coefficient (Wildman–Crippen LogP) is 0.361. The number of hydrogen-bond donors (Lipinski definition) is 4. The third-order valence-corrected chi connectivity index (χ3v) is 6.69. The fourth-order valence-corrected chi connectivity index (χ4v) is 4.73. The Morgan fingerprint density at radius 1 is 1.38 bits per heavy atom. The molecule has 1 aromatic carbocycles. The van der Waals surface area contributed by atoms with Crippen LogP contribution in [0, 0.1) is 11.7 Å². The van der Waals surface area contributed by atoms with Crippen molar-refractivity contribution in [3.63, 3.8) is 0 Å². The highest BCUT2D eigenvalue weighted by Gasteiger charge is 2.61. The maximum absolute atomic E-state index is 14.0. The number of carboxylic acid groups (broad SMARTS) is 1. The van der Waals surface area contributed by atoms with E-state index in [1.165, 1.54) is 24.0 Å². The average molecular weight is 449 g/mol. The van der Waals surface area contributed by atoms with Crippen molar-refractivity contribution in [2.75, 3.05) is 6.54 Å². The van der Waals surface area contributed by atoms with Crippen molar-refractivity contribution in [3.8, 4) is 0 Å². The molecule has 1 aliphatic carbocycles. The maximum Gasteiger partial charge on any atom is 0.330 e. The van der Waals surface area contributed by atoms with Crippen LogP contribution in [0.2, 0.25) is 0 Å². The summed E-state index contributed by atoms with van der Waals surface area (Å²) in [6.07, 6.45) is -0.935. The maximum atomic E-state index is 14.0. The summed E-state index contributed by atoms with van der Waals surface area (Å²) in [7, 11) is 0. The van der Waals surface area contributed by atoms with E-state index in [1.54, 1.807) is 17.0 Å². The molecule has 3 unspecified atom stereocenters. The van der Waals surface area contributed by atoms with Crippen LogP contribution in [0.1, 0.15) is 30.9 Å². The van der Waals surface area contributed by atoms with Gasteiger partial charge < -0.3 is 25.4 Å². The highest BCUT2D eigenvalue weighted by molar-refractivity contribution is 5.92. The zero-order valence-corrected chi connectivity index (χ0v) is 17.8. The van der Waals surface area contributed by atoms with E-state index in [2.05, 4.69) is 11.9 Å². The van der Waals surface area contributed by atoms with E-state index in [0.29, 0.717) is 12.1 Å². The van der Waals surface area contributed by atoms with Crippen molar-refractivity contribution in [2.24, 2.45) is 5.92 Å². The largest absolute Gasteiger partial charge is 0.479 e. The second kappa shape index (κ2) is 8.53. The van der Waals surface area contributed by atoms with Crippen LogP contribution >= 0.6 is 0 Å². The van der Waals surface area contributed by atoms with Gasteiger partial charge in [-0.25, -0.2) is 14.1 Å². The van der Waals surface area contributed by atoms with Gasteiger partial charge in [-0.1, -0.05) is 18.2 Å². The summed E-state index contributed by atoms with van der Waals surface area (Å²) in [5.41, 5.74) is -0.0701. The van der Waals surface area contributed by atoms with E-state index >= 15 is 0 Å². The molecule has 6 atom stereocenters. The number of benzene rings is 1. The Kier molecular flexibility index (Phi) is 6.08. The summed E-state index contributed by atoms with van der Waals surface area (Å²) in [6.45, 7) is 5.82. The number of carboxylic acids is 1. The lowest BCUT2D eigenvalue weighted by Crippen LogP contribution is -2.53. The van der Waals surface area contributed by atoms with Crippen molar-refractivity contribution in [1.82, 2.24) is 15.1 Å². The lowest BCUT2D eigenvalue weighted by atomic mass is 10.1. The molecule has 3 aliphatic rings. The minimum absolute atomic E-state index is 0.164. The van der Waals surface area contributed by atoms with Gasteiger partial charge in [0, 0.05) is 31.1 Å². The molecule has 0 bridgehead atoms. The summed E-state index contributed by atoms with van der Waals surface area (Å²) in [4.78, 5) is 27.7.